The second-order valence-electron chi connectivity index (χ2n) is 4.08. The van der Waals surface area contributed by atoms with E-state index in [0.29, 0.717) is 0 Å². The van der Waals surface area contributed by atoms with Crippen LogP contribution in [0.4, 0.5) is 0 Å². The Labute approximate surface area is 93.5 Å². The van der Waals surface area contributed by atoms with Gasteiger partial charge < -0.3 is 10.2 Å². The molecule has 2 aromatic carbocycles. The van der Waals surface area contributed by atoms with E-state index in [2.05, 4.69) is 0 Å². The predicted molar refractivity (Wildman–Crippen MR) is 63.9 cm³/mol. The van der Waals surface area contributed by atoms with E-state index >= 15 is 0 Å². The summed E-state index contributed by atoms with van der Waals surface area (Å²) in [6, 6.07) is 11.9. The molecule has 0 unspecified atom stereocenters. The highest BCUT2D eigenvalue weighted by Gasteiger charge is 2.23. The van der Waals surface area contributed by atoms with E-state index in [1.165, 1.54) is 0 Å². The minimum Gasteiger partial charge on any atom is -0.386 e. The highest BCUT2D eigenvalue weighted by Crippen LogP contribution is 2.34. The van der Waals surface area contributed by atoms with Gasteiger partial charge in [-0.25, -0.2) is 0 Å². The van der Waals surface area contributed by atoms with E-state index in [-0.39, 0.29) is 0 Å². The van der Waals surface area contributed by atoms with Crippen LogP contribution in [0.5, 0.6) is 0 Å². The van der Waals surface area contributed by atoms with Crippen LogP contribution in [0.3, 0.4) is 0 Å². The molecule has 2 atom stereocenters. The van der Waals surface area contributed by atoms with Gasteiger partial charge in [0, 0.05) is 0 Å². The van der Waals surface area contributed by atoms with E-state index in [4.69, 9.17) is 0 Å². The summed E-state index contributed by atoms with van der Waals surface area (Å²) in [6.07, 6.45) is 1.85. The lowest BCUT2D eigenvalue weighted by molar-refractivity contribution is 0.0480. The van der Waals surface area contributed by atoms with Crippen molar-refractivity contribution in [3.8, 4) is 0 Å². The van der Waals surface area contributed by atoms with Gasteiger partial charge >= 0.3 is 0 Å². The normalized spacial score (nSPS) is 23.4. The summed E-state index contributed by atoms with van der Waals surface area (Å²) < 4.78 is 0. The molecular formula is C14H12O2. The Morgan fingerprint density at radius 2 is 1.75 bits per heavy atom. The molecule has 3 rings (SSSR count). The molecule has 0 spiro atoms. The highest BCUT2D eigenvalue weighted by molar-refractivity contribution is 5.89. The first-order valence-electron chi connectivity index (χ1n) is 5.33. The van der Waals surface area contributed by atoms with Gasteiger partial charge in [-0.3, -0.25) is 0 Å². The predicted octanol–water partition coefficient (Wildman–Crippen LogP) is 2.26. The number of hydrogen-bond donors (Lipinski definition) is 2. The third-order valence-corrected chi connectivity index (χ3v) is 3.10. The Kier molecular flexibility index (Phi) is 2.06. The maximum absolute atomic E-state index is 10.0. The van der Waals surface area contributed by atoms with Crippen LogP contribution in [-0.2, 0) is 0 Å². The van der Waals surface area contributed by atoms with Gasteiger partial charge in [0.1, 0.15) is 12.2 Å². The van der Waals surface area contributed by atoms with Crippen molar-refractivity contribution in [2.24, 2.45) is 0 Å². The third kappa shape index (κ3) is 1.28. The molecule has 0 saturated carbocycles. The first-order chi connectivity index (χ1) is 7.77. The summed E-state index contributed by atoms with van der Waals surface area (Å²) in [6.45, 7) is 0. The lowest BCUT2D eigenvalue weighted by atomic mass is 9.88. The zero-order valence-electron chi connectivity index (χ0n) is 8.67. The zero-order chi connectivity index (χ0) is 11.1. The second-order valence-corrected chi connectivity index (χ2v) is 4.08. The van der Waals surface area contributed by atoms with Crippen molar-refractivity contribution in [3.05, 3.63) is 53.6 Å². The minimum absolute atomic E-state index is 0.807. The summed E-state index contributed by atoms with van der Waals surface area (Å²) in [4.78, 5) is 0. The number of fused-ring (bicyclic) bond motifs is 3. The fourth-order valence-electron chi connectivity index (χ4n) is 2.27. The van der Waals surface area contributed by atoms with Crippen LogP contribution >= 0.6 is 0 Å². The maximum Gasteiger partial charge on any atom is 0.110 e. The molecule has 1 aliphatic carbocycles. The van der Waals surface area contributed by atoms with Gasteiger partial charge in [-0.15, -0.1) is 0 Å². The average molecular weight is 212 g/mol. The van der Waals surface area contributed by atoms with Crippen molar-refractivity contribution in [1.29, 1.82) is 0 Å². The van der Waals surface area contributed by atoms with Crippen molar-refractivity contribution < 1.29 is 10.2 Å². The molecule has 0 bridgehead atoms. The van der Waals surface area contributed by atoms with Gasteiger partial charge in [0.05, 0.1) is 0 Å². The number of rotatable bonds is 0. The van der Waals surface area contributed by atoms with Crippen LogP contribution in [0.2, 0.25) is 0 Å². The monoisotopic (exact) mass is 212 g/mol. The van der Waals surface area contributed by atoms with Gasteiger partial charge in [-0.1, -0.05) is 48.6 Å². The molecule has 2 nitrogen and oxygen atoms in total. The van der Waals surface area contributed by atoms with E-state index < -0.39 is 12.2 Å². The molecule has 80 valence electrons. The summed E-state index contributed by atoms with van der Waals surface area (Å²) >= 11 is 0. The summed E-state index contributed by atoms with van der Waals surface area (Å²) in [5, 5.41) is 21.8. The first kappa shape index (κ1) is 9.58. The lowest BCUT2D eigenvalue weighted by Gasteiger charge is -2.23. The molecular weight excluding hydrogens is 200 g/mol. The van der Waals surface area contributed by atoms with Gasteiger partial charge in [-0.2, -0.15) is 0 Å². The fraction of sp³-hybridized carbons (Fsp3) is 0.143. The summed E-state index contributed by atoms with van der Waals surface area (Å²) in [5.74, 6) is 0. The zero-order valence-corrected chi connectivity index (χ0v) is 8.67. The van der Waals surface area contributed by atoms with E-state index in [9.17, 15) is 10.2 Å². The summed E-state index contributed by atoms with van der Waals surface area (Å²) in [7, 11) is 0. The van der Waals surface area contributed by atoms with E-state index in [0.717, 1.165) is 21.9 Å². The number of benzene rings is 2. The molecule has 0 amide bonds. The number of hydrogen-bond acceptors (Lipinski definition) is 2. The highest BCUT2D eigenvalue weighted by atomic mass is 16.3. The van der Waals surface area contributed by atoms with Crippen molar-refractivity contribution in [3.63, 3.8) is 0 Å². The minimum atomic E-state index is -0.828. The lowest BCUT2D eigenvalue weighted by Crippen LogP contribution is -2.19. The Balaban J connectivity index is 2.37. The van der Waals surface area contributed by atoms with Crippen LogP contribution in [-0.4, -0.2) is 16.3 Å². The van der Waals surface area contributed by atoms with Crippen LogP contribution in [0, 0.1) is 0 Å². The fourth-order valence-corrected chi connectivity index (χ4v) is 2.27. The molecule has 0 heterocycles. The SMILES string of the molecule is O[C@@H]1C=Cc2ccc3ccccc3c2[C@H]1O. The van der Waals surface area contributed by atoms with Gasteiger partial charge in [0.15, 0.2) is 0 Å². The van der Waals surface area contributed by atoms with Crippen LogP contribution in [0.25, 0.3) is 16.8 Å². The third-order valence-electron chi connectivity index (χ3n) is 3.10. The second kappa shape index (κ2) is 3.44. The van der Waals surface area contributed by atoms with Crippen LogP contribution in [0.15, 0.2) is 42.5 Å². The van der Waals surface area contributed by atoms with Crippen molar-refractivity contribution in [2.75, 3.05) is 0 Å². The molecule has 0 aromatic heterocycles. The molecule has 0 fully saturated rings. The van der Waals surface area contributed by atoms with Gasteiger partial charge in [-0.05, 0) is 21.9 Å². The topological polar surface area (TPSA) is 40.5 Å². The molecule has 0 saturated heterocycles. The van der Waals surface area contributed by atoms with Crippen molar-refractivity contribution in [2.45, 2.75) is 12.2 Å². The van der Waals surface area contributed by atoms with Crippen molar-refractivity contribution in [1.82, 2.24) is 0 Å². The van der Waals surface area contributed by atoms with E-state index in [1.54, 1.807) is 6.08 Å². The molecule has 2 heteroatoms. The largest absolute Gasteiger partial charge is 0.386 e. The Morgan fingerprint density at radius 3 is 2.62 bits per heavy atom. The standard InChI is InChI=1S/C14H12O2/c15-12-8-7-10-6-5-9-3-1-2-4-11(9)13(10)14(12)16/h1-8,12,14-16H/t12-,14+/m1/s1. The van der Waals surface area contributed by atoms with Crippen LogP contribution < -0.4 is 0 Å². The molecule has 2 aromatic rings. The summed E-state index contributed by atoms with van der Waals surface area (Å²) in [5.41, 5.74) is 1.81. The Bertz CT molecular complexity index is 572. The van der Waals surface area contributed by atoms with Gasteiger partial charge in [0.25, 0.3) is 0 Å². The van der Waals surface area contributed by atoms with Crippen LogP contribution in [0.1, 0.15) is 17.2 Å². The van der Waals surface area contributed by atoms with Crippen molar-refractivity contribution >= 4 is 16.8 Å². The molecule has 0 aliphatic heterocycles. The van der Waals surface area contributed by atoms with E-state index in [1.807, 2.05) is 42.5 Å². The smallest absolute Gasteiger partial charge is 0.110 e. The number of aliphatic hydroxyl groups excluding tert-OH is 2. The number of aliphatic hydroxyl groups is 2. The maximum atomic E-state index is 10.0. The first-order valence-corrected chi connectivity index (χ1v) is 5.33. The average Bonchev–Trinajstić information content (AvgIpc) is 2.33. The molecule has 0 radical (unpaired) electrons. The van der Waals surface area contributed by atoms with Gasteiger partial charge in [0.2, 0.25) is 0 Å². The quantitative estimate of drug-likeness (QED) is 0.703. The molecule has 1 aliphatic rings. The molecule has 2 N–H and O–H groups in total. The molecule has 16 heavy (non-hydrogen) atoms. The Morgan fingerprint density at radius 1 is 0.938 bits per heavy atom. The Hall–Kier alpha value is -1.64.